The van der Waals surface area contributed by atoms with Crippen LogP contribution in [0.4, 0.5) is 9.18 Å². The number of hydrogen-bond donors (Lipinski definition) is 5. The number of nitrogens with one attached hydrogen (secondary N) is 3. The van der Waals surface area contributed by atoms with Crippen LogP contribution >= 0.6 is 0 Å². The molecule has 154 valence electrons. The van der Waals surface area contributed by atoms with Crippen molar-refractivity contribution < 1.29 is 33.8 Å². The number of halogens is 1. The first-order valence-corrected chi connectivity index (χ1v) is 8.68. The summed E-state index contributed by atoms with van der Waals surface area (Å²) < 4.78 is 12.9. The first-order chi connectivity index (χ1) is 13.3. The highest BCUT2D eigenvalue weighted by molar-refractivity contribution is 5.93. The number of hydrogen-bond acceptors (Lipinski definition) is 5. The van der Waals surface area contributed by atoms with Gasteiger partial charge in [0.1, 0.15) is 6.04 Å². The molecule has 3 amide bonds. The third-order valence-electron chi connectivity index (χ3n) is 3.66. The summed E-state index contributed by atoms with van der Waals surface area (Å²) in [6, 6.07) is 0.482. The highest BCUT2D eigenvalue weighted by atomic mass is 18.2. The second kappa shape index (κ2) is 12.2. The van der Waals surface area contributed by atoms with E-state index in [-0.39, 0.29) is 18.4 Å². The van der Waals surface area contributed by atoms with E-state index in [1.165, 1.54) is 12.3 Å². The minimum absolute atomic E-state index is 0.182. The molecule has 1 heterocycles. The van der Waals surface area contributed by atoms with Crippen molar-refractivity contribution in [1.82, 2.24) is 20.9 Å². The van der Waals surface area contributed by atoms with E-state index in [4.69, 9.17) is 10.2 Å². The second-order valence-electron chi connectivity index (χ2n) is 5.91. The molecule has 28 heavy (non-hydrogen) atoms. The molecule has 10 nitrogen and oxygen atoms in total. The predicted octanol–water partition coefficient (Wildman–Crippen LogP) is 0.738. The minimum Gasteiger partial charge on any atom is -0.481 e. The number of carbonyl (C=O) groups is 4. The maximum atomic E-state index is 12.9. The quantitative estimate of drug-likeness (QED) is 0.257. The monoisotopic (exact) mass is 397 g/mol. The number of urea groups is 1. The fourth-order valence-corrected chi connectivity index (χ4v) is 2.21. The molecule has 0 fully saturated rings. The van der Waals surface area contributed by atoms with Crippen molar-refractivity contribution in [2.45, 2.75) is 38.1 Å². The number of rotatable bonds is 12. The number of carbonyl (C=O) groups excluding carboxylic acids is 2. The Morgan fingerprint density at radius 2 is 1.75 bits per heavy atom. The topological polar surface area (TPSA) is 158 Å². The van der Waals surface area contributed by atoms with E-state index in [1.807, 2.05) is 0 Å². The zero-order chi connectivity index (χ0) is 20.9. The molecule has 0 aliphatic rings. The number of pyridine rings is 1. The first-order valence-electron chi connectivity index (χ1n) is 8.68. The van der Waals surface area contributed by atoms with Gasteiger partial charge in [0.25, 0.3) is 5.91 Å². The van der Waals surface area contributed by atoms with Crippen molar-refractivity contribution in [3.63, 3.8) is 0 Å². The normalized spacial score (nSPS) is 11.3. The standard InChI is InChI=1S/C17H23FN4O6/c18-13-10-11(6-9-19-13)15(25)20-7-2-1-3-8-21-17(28)22-12(16(26)27)4-5-14(23)24/h6,9-10,12H,1-5,7-8H2,(H,20,25)(H,23,24)(H,26,27)(H2,21,22,28)/t12-/m0/s1/i18-1. The Morgan fingerprint density at radius 3 is 2.36 bits per heavy atom. The molecule has 11 heteroatoms. The van der Waals surface area contributed by atoms with E-state index < -0.39 is 35.9 Å². The third kappa shape index (κ3) is 9.46. The van der Waals surface area contributed by atoms with Crippen LogP contribution in [0, 0.1) is 5.95 Å². The van der Waals surface area contributed by atoms with Crippen molar-refractivity contribution >= 4 is 23.9 Å². The number of nitrogens with zero attached hydrogens (tertiary/aromatic N) is 1. The van der Waals surface area contributed by atoms with Crippen LogP contribution in [0.15, 0.2) is 18.3 Å². The van der Waals surface area contributed by atoms with Gasteiger partial charge in [-0.2, -0.15) is 4.39 Å². The molecule has 1 atom stereocenters. The summed E-state index contributed by atoms with van der Waals surface area (Å²) in [5.41, 5.74) is 0.182. The molecular weight excluding hydrogens is 374 g/mol. The number of aromatic nitrogens is 1. The Kier molecular flexibility index (Phi) is 9.94. The van der Waals surface area contributed by atoms with Gasteiger partial charge in [-0.3, -0.25) is 9.59 Å². The summed E-state index contributed by atoms with van der Waals surface area (Å²) in [6.07, 6.45) is 2.55. The van der Waals surface area contributed by atoms with Gasteiger partial charge in [-0.05, 0) is 31.7 Å². The van der Waals surface area contributed by atoms with Gasteiger partial charge in [-0.15, -0.1) is 0 Å². The van der Waals surface area contributed by atoms with Gasteiger partial charge in [0.05, 0.1) is 0 Å². The molecule has 1 aromatic rings. The number of carboxylic acid groups (broad SMARTS) is 2. The fourth-order valence-electron chi connectivity index (χ4n) is 2.21. The zero-order valence-electron chi connectivity index (χ0n) is 15.1. The molecule has 1 aromatic heterocycles. The van der Waals surface area contributed by atoms with Gasteiger partial charge in [-0.1, -0.05) is 0 Å². The number of aliphatic carboxylic acids is 2. The van der Waals surface area contributed by atoms with Gasteiger partial charge in [0.15, 0.2) is 0 Å². The lowest BCUT2D eigenvalue weighted by Crippen LogP contribution is -2.46. The summed E-state index contributed by atoms with van der Waals surface area (Å²) in [5.74, 6) is -3.58. The lowest BCUT2D eigenvalue weighted by atomic mass is 10.1. The predicted molar refractivity (Wildman–Crippen MR) is 95.2 cm³/mol. The van der Waals surface area contributed by atoms with Crippen molar-refractivity contribution in [2.24, 2.45) is 0 Å². The van der Waals surface area contributed by atoms with E-state index in [0.29, 0.717) is 32.4 Å². The molecule has 0 unspecified atom stereocenters. The molecule has 1 rings (SSSR count). The van der Waals surface area contributed by atoms with E-state index in [1.54, 1.807) is 0 Å². The third-order valence-corrected chi connectivity index (χ3v) is 3.66. The summed E-state index contributed by atoms with van der Waals surface area (Å²) in [7, 11) is 0. The van der Waals surface area contributed by atoms with Gasteiger partial charge in [0.2, 0.25) is 5.95 Å². The summed E-state index contributed by atoms with van der Waals surface area (Å²) in [4.78, 5) is 48.2. The van der Waals surface area contributed by atoms with Crippen LogP contribution < -0.4 is 16.0 Å². The average molecular weight is 397 g/mol. The molecule has 0 aliphatic heterocycles. The van der Waals surface area contributed by atoms with E-state index in [2.05, 4.69) is 20.9 Å². The van der Waals surface area contributed by atoms with Gasteiger partial charge < -0.3 is 26.2 Å². The summed E-state index contributed by atoms with van der Waals surface area (Å²) >= 11 is 0. The number of unbranched alkanes of at least 4 members (excludes halogenated alkanes) is 2. The van der Waals surface area contributed by atoms with Crippen LogP contribution in [0.1, 0.15) is 42.5 Å². The molecule has 0 radical (unpaired) electrons. The van der Waals surface area contributed by atoms with Gasteiger partial charge >= 0.3 is 18.0 Å². The Balaban J connectivity index is 2.14. The molecule has 0 aliphatic carbocycles. The van der Waals surface area contributed by atoms with Crippen LogP contribution in [0.25, 0.3) is 0 Å². The smallest absolute Gasteiger partial charge is 0.326 e. The zero-order valence-corrected chi connectivity index (χ0v) is 15.1. The molecule has 5 N–H and O–H groups in total. The Bertz CT molecular complexity index is 700. The van der Waals surface area contributed by atoms with Crippen LogP contribution in [0.3, 0.4) is 0 Å². The maximum Gasteiger partial charge on any atom is 0.326 e. The Morgan fingerprint density at radius 1 is 1.07 bits per heavy atom. The lowest BCUT2D eigenvalue weighted by molar-refractivity contribution is -0.140. The lowest BCUT2D eigenvalue weighted by Gasteiger charge is -2.14. The Labute approximate surface area is 160 Å². The second-order valence-corrected chi connectivity index (χ2v) is 5.91. The van der Waals surface area contributed by atoms with Crippen molar-refractivity contribution in [2.75, 3.05) is 13.1 Å². The highest BCUT2D eigenvalue weighted by Gasteiger charge is 2.20. The average Bonchev–Trinajstić information content (AvgIpc) is 2.63. The summed E-state index contributed by atoms with van der Waals surface area (Å²) in [5, 5.41) is 24.9. The van der Waals surface area contributed by atoms with Crippen molar-refractivity contribution in [3.05, 3.63) is 29.8 Å². The SMILES string of the molecule is O=C(O)CC[C@H](NC(=O)NCCCCCNC(=O)c1ccnc([18F])c1)C(=O)O. The summed E-state index contributed by atoms with van der Waals surface area (Å²) in [6.45, 7) is 0.672. The van der Waals surface area contributed by atoms with Crippen molar-refractivity contribution in [3.8, 4) is 0 Å². The van der Waals surface area contributed by atoms with Crippen molar-refractivity contribution in [1.29, 1.82) is 0 Å². The molecular formula is C17H23FN4O6. The maximum absolute atomic E-state index is 12.9. The van der Waals surface area contributed by atoms with Crippen LogP contribution in [0.5, 0.6) is 0 Å². The van der Waals surface area contributed by atoms with Crippen LogP contribution in [-0.4, -0.2) is 58.2 Å². The molecule has 0 saturated heterocycles. The van der Waals surface area contributed by atoms with E-state index in [0.717, 1.165) is 6.07 Å². The Hall–Kier alpha value is -3.24. The highest BCUT2D eigenvalue weighted by Crippen LogP contribution is 2.01. The number of carboxylic acids is 2. The largest absolute Gasteiger partial charge is 0.481 e. The first kappa shape index (κ1) is 22.8. The van der Waals surface area contributed by atoms with Crippen LogP contribution in [-0.2, 0) is 9.59 Å². The van der Waals surface area contributed by atoms with E-state index >= 15 is 0 Å². The molecule has 0 saturated carbocycles. The fraction of sp³-hybridized carbons (Fsp3) is 0.471. The van der Waals surface area contributed by atoms with Gasteiger partial charge in [-0.25, -0.2) is 14.6 Å². The van der Waals surface area contributed by atoms with Gasteiger partial charge in [0, 0.05) is 37.3 Å². The molecule has 0 spiro atoms. The minimum atomic E-state index is -1.30. The molecule has 0 bridgehead atoms. The van der Waals surface area contributed by atoms with E-state index in [9.17, 15) is 23.6 Å². The van der Waals surface area contributed by atoms with Crippen LogP contribution in [0.2, 0.25) is 0 Å². The molecule has 0 aromatic carbocycles. The number of amides is 3.